The number of fused-ring (bicyclic) bond motifs is 4. The molecule has 0 bridgehead atoms. The number of nitrogens with zero attached hydrogens (tertiary/aromatic N) is 2. The zero-order chi connectivity index (χ0) is 18.6. The van der Waals surface area contributed by atoms with Crippen LogP contribution < -0.4 is 14.8 Å². The van der Waals surface area contributed by atoms with Gasteiger partial charge in [-0.2, -0.15) is 0 Å². The zero-order valence-electron chi connectivity index (χ0n) is 15.5. The molecule has 2 aromatic carbocycles. The van der Waals surface area contributed by atoms with Gasteiger partial charge in [-0.05, 0) is 41.4 Å². The first kappa shape index (κ1) is 16.6. The summed E-state index contributed by atoms with van der Waals surface area (Å²) in [4.78, 5) is 0. The normalized spacial score (nSPS) is 21.9. The molecule has 0 fully saturated rings. The Hall–Kier alpha value is -2.60. The van der Waals surface area contributed by atoms with E-state index in [1.54, 1.807) is 7.11 Å². The molecule has 5 rings (SSSR count). The molecule has 0 amide bonds. The quantitative estimate of drug-likeness (QED) is 0.701. The molecule has 5 nitrogen and oxygen atoms in total. The van der Waals surface area contributed by atoms with Crippen LogP contribution in [0.3, 0.4) is 0 Å². The van der Waals surface area contributed by atoms with Gasteiger partial charge in [0.05, 0.1) is 25.3 Å². The summed E-state index contributed by atoms with van der Waals surface area (Å²) in [5.41, 5.74) is 5.52. The molecule has 0 aliphatic carbocycles. The number of nitrogens with one attached hydrogen (secondary N) is 1. The Morgan fingerprint density at radius 1 is 1.26 bits per heavy atom. The van der Waals surface area contributed by atoms with E-state index in [0.717, 1.165) is 34.0 Å². The molecule has 27 heavy (non-hydrogen) atoms. The highest BCUT2D eigenvalue weighted by molar-refractivity contribution is 7.03. The average molecular weight is 379 g/mol. The third-order valence-corrected chi connectivity index (χ3v) is 6.49. The molecule has 138 valence electrons. The Morgan fingerprint density at radius 2 is 2.15 bits per heavy atom. The van der Waals surface area contributed by atoms with Gasteiger partial charge in [0.15, 0.2) is 0 Å². The summed E-state index contributed by atoms with van der Waals surface area (Å²) in [6.07, 6.45) is 0. The van der Waals surface area contributed by atoms with E-state index in [4.69, 9.17) is 9.47 Å². The largest absolute Gasteiger partial charge is 0.496 e. The molecule has 0 spiro atoms. The van der Waals surface area contributed by atoms with Crippen LogP contribution in [0.15, 0.2) is 41.8 Å². The van der Waals surface area contributed by atoms with Crippen molar-refractivity contribution in [3.63, 3.8) is 0 Å². The van der Waals surface area contributed by atoms with Crippen LogP contribution in [0.1, 0.15) is 31.0 Å². The fourth-order valence-electron chi connectivity index (χ4n) is 4.43. The smallest absolute Gasteiger partial charge is 0.128 e. The standard InChI is InChI=1S/C21H21N3O2S/c1-21(2)13-9-12(16-11-27-24-23-16)7-8-15(13)22-20-14(21)10-26-18-6-4-5-17(25-3)19(18)20/h4-9,11,14,20,22H,10H2,1-3H3/t14-,20-/m0/s1. The molecular weight excluding hydrogens is 358 g/mol. The van der Waals surface area contributed by atoms with Gasteiger partial charge in [-0.1, -0.05) is 30.5 Å². The van der Waals surface area contributed by atoms with Crippen molar-refractivity contribution in [3.05, 3.63) is 52.9 Å². The van der Waals surface area contributed by atoms with Crippen molar-refractivity contribution in [3.8, 4) is 22.8 Å². The minimum absolute atomic E-state index is 0.0662. The summed E-state index contributed by atoms with van der Waals surface area (Å²) in [7, 11) is 1.72. The first-order chi connectivity index (χ1) is 13.1. The number of anilines is 1. The van der Waals surface area contributed by atoms with Crippen LogP contribution >= 0.6 is 11.5 Å². The van der Waals surface area contributed by atoms with Gasteiger partial charge in [-0.3, -0.25) is 0 Å². The molecule has 2 aliphatic rings. The van der Waals surface area contributed by atoms with Crippen LogP contribution in [0.5, 0.6) is 11.5 Å². The Bertz CT molecular complexity index is 986. The van der Waals surface area contributed by atoms with E-state index in [2.05, 4.69) is 47.0 Å². The van der Waals surface area contributed by atoms with Crippen molar-refractivity contribution < 1.29 is 9.47 Å². The van der Waals surface area contributed by atoms with Crippen LogP contribution in [-0.4, -0.2) is 23.3 Å². The Morgan fingerprint density at radius 3 is 2.93 bits per heavy atom. The highest BCUT2D eigenvalue weighted by Crippen LogP contribution is 2.54. The van der Waals surface area contributed by atoms with Crippen molar-refractivity contribution in [2.75, 3.05) is 19.0 Å². The maximum Gasteiger partial charge on any atom is 0.128 e. The van der Waals surface area contributed by atoms with Crippen LogP contribution in [0.4, 0.5) is 5.69 Å². The van der Waals surface area contributed by atoms with Crippen molar-refractivity contribution >= 4 is 17.2 Å². The lowest BCUT2D eigenvalue weighted by atomic mass is 9.65. The predicted octanol–water partition coefficient (Wildman–Crippen LogP) is 4.67. The third kappa shape index (κ3) is 2.43. The topological polar surface area (TPSA) is 56.3 Å². The van der Waals surface area contributed by atoms with E-state index in [-0.39, 0.29) is 17.4 Å². The lowest BCUT2D eigenvalue weighted by Gasteiger charge is -2.48. The summed E-state index contributed by atoms with van der Waals surface area (Å²) in [5, 5.41) is 9.97. The molecule has 0 radical (unpaired) electrons. The maximum absolute atomic E-state index is 6.15. The van der Waals surface area contributed by atoms with E-state index in [1.807, 2.05) is 23.6 Å². The molecule has 6 heteroatoms. The van der Waals surface area contributed by atoms with Gasteiger partial charge in [0.25, 0.3) is 0 Å². The van der Waals surface area contributed by atoms with Gasteiger partial charge in [-0.15, -0.1) is 5.10 Å². The molecule has 3 heterocycles. The number of hydrogen-bond donors (Lipinski definition) is 1. The van der Waals surface area contributed by atoms with Gasteiger partial charge in [0.2, 0.25) is 0 Å². The summed E-state index contributed by atoms with van der Waals surface area (Å²) in [5.74, 6) is 2.07. The Balaban J connectivity index is 1.64. The number of rotatable bonds is 2. The van der Waals surface area contributed by atoms with Crippen molar-refractivity contribution in [2.45, 2.75) is 25.3 Å². The molecule has 1 N–H and O–H groups in total. The lowest BCUT2D eigenvalue weighted by Crippen LogP contribution is -2.46. The molecule has 0 saturated carbocycles. The minimum Gasteiger partial charge on any atom is -0.496 e. The molecule has 0 unspecified atom stereocenters. The fourth-order valence-corrected chi connectivity index (χ4v) is 4.89. The molecule has 3 aromatic rings. The van der Waals surface area contributed by atoms with E-state index in [1.165, 1.54) is 17.1 Å². The Labute approximate surface area is 162 Å². The predicted molar refractivity (Wildman–Crippen MR) is 107 cm³/mol. The SMILES string of the molecule is COc1cccc2c1[C@H]1Nc3ccc(-c4csnn4)cc3C(C)(C)[C@H]1CO2. The van der Waals surface area contributed by atoms with E-state index >= 15 is 0 Å². The summed E-state index contributed by atoms with van der Waals surface area (Å²) >= 11 is 1.38. The van der Waals surface area contributed by atoms with Gasteiger partial charge in [-0.25, -0.2) is 0 Å². The number of benzene rings is 2. The third-order valence-electron chi connectivity index (χ3n) is 5.99. The Kier molecular flexibility index (Phi) is 3.65. The lowest BCUT2D eigenvalue weighted by molar-refractivity contribution is 0.133. The van der Waals surface area contributed by atoms with Crippen LogP contribution in [-0.2, 0) is 5.41 Å². The van der Waals surface area contributed by atoms with Gasteiger partial charge in [0.1, 0.15) is 17.2 Å². The fraction of sp³-hybridized carbons (Fsp3) is 0.333. The molecule has 0 saturated heterocycles. The molecular formula is C21H21N3O2S. The first-order valence-electron chi connectivity index (χ1n) is 9.08. The maximum atomic E-state index is 6.15. The van der Waals surface area contributed by atoms with Crippen LogP contribution in [0.25, 0.3) is 11.3 Å². The van der Waals surface area contributed by atoms with E-state index < -0.39 is 0 Å². The molecule has 1 aromatic heterocycles. The van der Waals surface area contributed by atoms with Crippen molar-refractivity contribution in [1.82, 2.24) is 9.59 Å². The van der Waals surface area contributed by atoms with Crippen molar-refractivity contribution in [1.29, 1.82) is 0 Å². The monoisotopic (exact) mass is 379 g/mol. The van der Waals surface area contributed by atoms with E-state index in [0.29, 0.717) is 6.61 Å². The number of ether oxygens (including phenoxy) is 2. The zero-order valence-corrected chi connectivity index (χ0v) is 16.3. The molecule has 2 aliphatic heterocycles. The first-order valence-corrected chi connectivity index (χ1v) is 9.91. The second-order valence-corrected chi connectivity index (χ2v) is 8.29. The number of hydrogen-bond acceptors (Lipinski definition) is 6. The summed E-state index contributed by atoms with van der Waals surface area (Å²) in [6, 6.07) is 12.7. The van der Waals surface area contributed by atoms with Gasteiger partial charge < -0.3 is 14.8 Å². The second-order valence-electron chi connectivity index (χ2n) is 7.68. The second kappa shape index (κ2) is 5.96. The number of aromatic nitrogens is 2. The van der Waals surface area contributed by atoms with Crippen molar-refractivity contribution in [2.24, 2.45) is 5.92 Å². The highest BCUT2D eigenvalue weighted by atomic mass is 32.1. The van der Waals surface area contributed by atoms with Gasteiger partial charge in [0, 0.05) is 28.0 Å². The number of methoxy groups -OCH3 is 1. The summed E-state index contributed by atoms with van der Waals surface area (Å²) in [6.45, 7) is 5.28. The van der Waals surface area contributed by atoms with E-state index in [9.17, 15) is 0 Å². The average Bonchev–Trinajstić information content (AvgIpc) is 3.22. The van der Waals surface area contributed by atoms with Gasteiger partial charge >= 0.3 is 0 Å². The highest BCUT2D eigenvalue weighted by Gasteiger charge is 2.47. The van der Waals surface area contributed by atoms with Crippen LogP contribution in [0, 0.1) is 5.92 Å². The summed E-state index contributed by atoms with van der Waals surface area (Å²) < 4.78 is 15.8. The minimum atomic E-state index is -0.0662. The van der Waals surface area contributed by atoms with Crippen LogP contribution in [0.2, 0.25) is 0 Å². The molecule has 2 atom stereocenters.